The molecule has 0 saturated heterocycles. The third kappa shape index (κ3) is 2.27. The van der Waals surface area contributed by atoms with Crippen LogP contribution in [0.15, 0.2) is 51.6 Å². The summed E-state index contributed by atoms with van der Waals surface area (Å²) in [7, 11) is 0. The summed E-state index contributed by atoms with van der Waals surface area (Å²) in [6.07, 6.45) is 1.66. The molecule has 1 aromatic carbocycles. The van der Waals surface area contributed by atoms with E-state index < -0.39 is 0 Å². The van der Waals surface area contributed by atoms with Crippen LogP contribution in [0, 0.1) is 0 Å². The number of furan rings is 1. The molecule has 0 saturated carbocycles. The van der Waals surface area contributed by atoms with Gasteiger partial charge < -0.3 is 0 Å². The Hall–Kier alpha value is -1.16. The van der Waals surface area contributed by atoms with Crippen molar-refractivity contribution in [2.45, 2.75) is 0 Å². The van der Waals surface area contributed by atoms with Gasteiger partial charge in [0.05, 0.1) is 0 Å². The van der Waals surface area contributed by atoms with E-state index in [1.807, 2.05) is 36.4 Å². The number of benzene rings is 1. The molecule has 0 fully saturated rings. The standard InChI is InChI=1S/C12H7BrN2OSe/c13-9-5-3-8(4-6-9)11-14-15-12(17-11)10-2-1-7-16-10/h1-7H. The molecule has 3 rings (SSSR count). The Morgan fingerprint density at radius 3 is 2.47 bits per heavy atom. The molecule has 0 spiro atoms. The number of hydrogen-bond donors (Lipinski definition) is 0. The second-order valence-corrected chi connectivity index (χ2v) is 6.36. The molecule has 3 nitrogen and oxygen atoms in total. The van der Waals surface area contributed by atoms with E-state index in [0.29, 0.717) is 0 Å². The molecule has 0 aliphatic carbocycles. The Morgan fingerprint density at radius 1 is 1.00 bits per heavy atom. The molecule has 0 N–H and O–H groups in total. The van der Waals surface area contributed by atoms with Gasteiger partial charge in [-0.1, -0.05) is 0 Å². The zero-order valence-corrected chi connectivity index (χ0v) is 11.9. The van der Waals surface area contributed by atoms with Crippen molar-refractivity contribution in [1.29, 1.82) is 0 Å². The molecule has 0 bridgehead atoms. The van der Waals surface area contributed by atoms with E-state index in [2.05, 4.69) is 26.1 Å². The van der Waals surface area contributed by atoms with E-state index in [-0.39, 0.29) is 14.5 Å². The molecule has 2 aromatic heterocycles. The summed E-state index contributed by atoms with van der Waals surface area (Å²) < 4.78 is 8.38. The van der Waals surface area contributed by atoms with Crippen molar-refractivity contribution in [3.05, 3.63) is 47.1 Å². The topological polar surface area (TPSA) is 38.9 Å². The van der Waals surface area contributed by atoms with Gasteiger partial charge in [0.15, 0.2) is 0 Å². The van der Waals surface area contributed by atoms with Crippen LogP contribution in [0.2, 0.25) is 0 Å². The van der Waals surface area contributed by atoms with Crippen molar-refractivity contribution in [2.75, 3.05) is 0 Å². The Bertz CT molecular complexity index is 616. The van der Waals surface area contributed by atoms with Crippen molar-refractivity contribution >= 4 is 30.4 Å². The van der Waals surface area contributed by atoms with E-state index >= 15 is 0 Å². The van der Waals surface area contributed by atoms with E-state index in [4.69, 9.17) is 4.42 Å². The van der Waals surface area contributed by atoms with Gasteiger partial charge in [0, 0.05) is 0 Å². The van der Waals surface area contributed by atoms with Crippen molar-refractivity contribution in [1.82, 2.24) is 10.2 Å². The first-order valence-electron chi connectivity index (χ1n) is 4.96. The zero-order chi connectivity index (χ0) is 11.7. The van der Waals surface area contributed by atoms with E-state index in [1.54, 1.807) is 6.26 Å². The first-order valence-corrected chi connectivity index (χ1v) is 7.47. The molecule has 17 heavy (non-hydrogen) atoms. The fourth-order valence-electron chi connectivity index (χ4n) is 1.43. The van der Waals surface area contributed by atoms with Crippen LogP contribution >= 0.6 is 15.9 Å². The van der Waals surface area contributed by atoms with Crippen molar-refractivity contribution in [2.24, 2.45) is 0 Å². The van der Waals surface area contributed by atoms with Gasteiger partial charge in [-0.25, -0.2) is 0 Å². The quantitative estimate of drug-likeness (QED) is 0.664. The van der Waals surface area contributed by atoms with Crippen molar-refractivity contribution < 1.29 is 4.42 Å². The summed E-state index contributed by atoms with van der Waals surface area (Å²) >= 11 is 3.54. The zero-order valence-electron chi connectivity index (χ0n) is 8.63. The van der Waals surface area contributed by atoms with Crippen LogP contribution in [0.4, 0.5) is 0 Å². The van der Waals surface area contributed by atoms with Gasteiger partial charge in [-0.3, -0.25) is 0 Å². The molecule has 0 radical (unpaired) electrons. The van der Waals surface area contributed by atoms with Gasteiger partial charge >= 0.3 is 113 Å². The Kier molecular flexibility index (Phi) is 2.97. The number of rotatable bonds is 2. The molecule has 2 heterocycles. The summed E-state index contributed by atoms with van der Waals surface area (Å²) in [4.78, 5) is 0. The maximum absolute atomic E-state index is 5.32. The van der Waals surface area contributed by atoms with E-state index in [0.717, 1.165) is 24.9 Å². The summed E-state index contributed by atoms with van der Waals surface area (Å²) in [5.41, 5.74) is 1.12. The summed E-state index contributed by atoms with van der Waals surface area (Å²) in [6, 6.07) is 11.9. The monoisotopic (exact) mass is 354 g/mol. The molecule has 0 amide bonds. The summed E-state index contributed by atoms with van der Waals surface area (Å²) in [5, 5.41) is 8.42. The van der Waals surface area contributed by atoms with E-state index in [1.165, 1.54) is 0 Å². The molecule has 3 aromatic rings. The van der Waals surface area contributed by atoms with Gasteiger partial charge in [0.1, 0.15) is 0 Å². The summed E-state index contributed by atoms with van der Waals surface area (Å²) in [6.45, 7) is 0. The number of aromatic nitrogens is 2. The van der Waals surface area contributed by atoms with Crippen LogP contribution in [0.1, 0.15) is 0 Å². The van der Waals surface area contributed by atoms with Gasteiger partial charge in [0.25, 0.3) is 0 Å². The molecule has 5 heteroatoms. The molecule has 0 atom stereocenters. The fraction of sp³-hybridized carbons (Fsp3) is 0. The fourth-order valence-corrected chi connectivity index (χ4v) is 3.41. The predicted molar refractivity (Wildman–Crippen MR) is 69.8 cm³/mol. The number of halogens is 1. The second-order valence-electron chi connectivity index (χ2n) is 3.40. The molecule has 84 valence electrons. The SMILES string of the molecule is Brc1ccc(-c2nnc(-c3ccco3)[se]2)cc1. The van der Waals surface area contributed by atoms with Crippen LogP contribution in [-0.2, 0) is 0 Å². The second kappa shape index (κ2) is 4.61. The normalized spacial score (nSPS) is 10.6. The van der Waals surface area contributed by atoms with Gasteiger partial charge in [-0.15, -0.1) is 0 Å². The van der Waals surface area contributed by atoms with Crippen LogP contribution in [0.25, 0.3) is 20.5 Å². The Balaban J connectivity index is 1.98. The maximum atomic E-state index is 5.32. The molecule has 0 aliphatic rings. The first-order chi connectivity index (χ1) is 8.33. The van der Waals surface area contributed by atoms with Crippen LogP contribution in [-0.4, -0.2) is 24.7 Å². The average Bonchev–Trinajstić information content (AvgIpc) is 3.00. The Morgan fingerprint density at radius 2 is 1.76 bits per heavy atom. The van der Waals surface area contributed by atoms with Crippen LogP contribution < -0.4 is 0 Å². The Labute approximate surface area is 112 Å². The molecule has 0 unspecified atom stereocenters. The predicted octanol–water partition coefficient (Wildman–Crippen LogP) is 3.22. The number of hydrogen-bond acceptors (Lipinski definition) is 3. The van der Waals surface area contributed by atoms with Gasteiger partial charge in [0.2, 0.25) is 0 Å². The van der Waals surface area contributed by atoms with Crippen molar-refractivity contribution in [3.63, 3.8) is 0 Å². The third-order valence-electron chi connectivity index (χ3n) is 2.25. The van der Waals surface area contributed by atoms with Gasteiger partial charge in [-0.2, -0.15) is 0 Å². The first kappa shape index (κ1) is 11.0. The van der Waals surface area contributed by atoms with Gasteiger partial charge in [-0.05, 0) is 0 Å². The van der Waals surface area contributed by atoms with Crippen LogP contribution in [0.5, 0.6) is 0 Å². The van der Waals surface area contributed by atoms with Crippen LogP contribution in [0.3, 0.4) is 0 Å². The third-order valence-corrected chi connectivity index (χ3v) is 4.85. The minimum absolute atomic E-state index is 0.117. The molecular weight excluding hydrogens is 347 g/mol. The van der Waals surface area contributed by atoms with E-state index in [9.17, 15) is 0 Å². The number of nitrogens with zero attached hydrogens (tertiary/aromatic N) is 2. The minimum atomic E-state index is 0.117. The molecule has 0 aliphatic heterocycles. The van der Waals surface area contributed by atoms with Crippen molar-refractivity contribution in [3.8, 4) is 20.5 Å². The molecular formula is C12H7BrN2OSe. The summed E-state index contributed by atoms with van der Waals surface area (Å²) in [5.74, 6) is 0.820. The average molecular weight is 354 g/mol.